The van der Waals surface area contributed by atoms with Crippen LogP contribution in [0.15, 0.2) is 36.4 Å². The fraction of sp³-hybridized carbons (Fsp3) is 0.360. The lowest BCUT2D eigenvalue weighted by molar-refractivity contribution is -0.126. The van der Waals surface area contributed by atoms with E-state index in [-0.39, 0.29) is 28.9 Å². The summed E-state index contributed by atoms with van der Waals surface area (Å²) in [6.07, 6.45) is 1.71. The van der Waals surface area contributed by atoms with Gasteiger partial charge in [0.25, 0.3) is 5.91 Å². The number of aryl methyl sites for hydroxylation is 1. The Bertz CT molecular complexity index is 1230. The maximum absolute atomic E-state index is 15.0. The molecule has 6 nitrogen and oxygen atoms in total. The first-order valence-corrected chi connectivity index (χ1v) is 11.1. The first-order valence-electron chi connectivity index (χ1n) is 10.7. The highest BCUT2D eigenvalue weighted by Crippen LogP contribution is 2.45. The molecule has 2 fully saturated rings. The van der Waals surface area contributed by atoms with Gasteiger partial charge in [-0.1, -0.05) is 19.1 Å². The third kappa shape index (κ3) is 3.87. The number of benzene rings is 2. The van der Waals surface area contributed by atoms with Gasteiger partial charge in [-0.15, -0.1) is 0 Å². The third-order valence-corrected chi connectivity index (χ3v) is 6.87. The highest BCUT2D eigenvalue weighted by molar-refractivity contribution is 7.81. The van der Waals surface area contributed by atoms with E-state index in [1.165, 1.54) is 11.0 Å². The molecule has 0 unspecified atom stereocenters. The van der Waals surface area contributed by atoms with E-state index >= 15 is 0 Å². The monoisotopic (exact) mass is 464 g/mol. The van der Waals surface area contributed by atoms with E-state index in [0.29, 0.717) is 22.6 Å². The summed E-state index contributed by atoms with van der Waals surface area (Å²) >= 11 is 5.66. The number of thiocarbonyl (C=S) groups is 1. The molecular formula is C25H25FN4O2S. The molecule has 0 bridgehead atoms. The molecule has 2 amide bonds. The van der Waals surface area contributed by atoms with Crippen molar-refractivity contribution in [2.45, 2.75) is 52.6 Å². The molecule has 2 aliphatic rings. The number of nitrogens with one attached hydrogen (secondary N) is 1. The van der Waals surface area contributed by atoms with Gasteiger partial charge < -0.3 is 10.2 Å². The lowest BCUT2D eigenvalue weighted by Gasteiger charge is -2.29. The first kappa shape index (κ1) is 22.9. The van der Waals surface area contributed by atoms with Gasteiger partial charge in [0, 0.05) is 28.9 Å². The van der Waals surface area contributed by atoms with E-state index in [0.717, 1.165) is 18.4 Å². The number of hydrogen-bond acceptors (Lipinski definition) is 3. The Hall–Kier alpha value is -3.31. The number of hydrogen-bond donors (Lipinski definition) is 1. The molecule has 1 saturated heterocycles. The molecule has 4 rings (SSSR count). The zero-order chi connectivity index (χ0) is 24.1. The summed E-state index contributed by atoms with van der Waals surface area (Å²) < 4.78 is 15.0. The summed E-state index contributed by atoms with van der Waals surface area (Å²) in [5, 5.41) is 3.04. The molecule has 0 spiro atoms. The minimum atomic E-state index is -1.04. The predicted molar refractivity (Wildman–Crippen MR) is 130 cm³/mol. The van der Waals surface area contributed by atoms with E-state index in [1.807, 2.05) is 6.92 Å². The van der Waals surface area contributed by atoms with E-state index in [9.17, 15) is 14.0 Å². The maximum Gasteiger partial charge on any atom is 0.259 e. The standard InChI is InChI=1S/C25H25FN4O2S/c1-15-12-17(8-9-20(15)27-5)29-22(32)24(2,3)30(23(29)33)18-7-6-16(19(26)13-18)14-28-21(31)25(4)10-11-25/h6-9,12-13H,10-11,14H2,1-4H3,(H,28,31). The summed E-state index contributed by atoms with van der Waals surface area (Å²) in [5.74, 6) is -0.777. The third-order valence-electron chi connectivity index (χ3n) is 6.51. The topological polar surface area (TPSA) is 57.0 Å². The number of carbonyl (C=O) groups excluding carboxylic acids is 2. The molecule has 170 valence electrons. The smallest absolute Gasteiger partial charge is 0.259 e. The van der Waals surface area contributed by atoms with Gasteiger partial charge in [-0.3, -0.25) is 14.5 Å². The minimum absolute atomic E-state index is 0.0615. The van der Waals surface area contributed by atoms with Crippen LogP contribution < -0.4 is 15.1 Å². The molecule has 1 N–H and O–H groups in total. The number of carbonyl (C=O) groups is 2. The van der Waals surface area contributed by atoms with Crippen LogP contribution in [0.25, 0.3) is 4.85 Å². The average molecular weight is 465 g/mol. The van der Waals surface area contributed by atoms with Crippen LogP contribution in [0.4, 0.5) is 21.5 Å². The van der Waals surface area contributed by atoms with Crippen LogP contribution in [0.1, 0.15) is 44.7 Å². The van der Waals surface area contributed by atoms with Crippen LogP contribution in [0, 0.1) is 24.7 Å². The Labute approximate surface area is 198 Å². The van der Waals surface area contributed by atoms with Gasteiger partial charge in [-0.05, 0) is 75.7 Å². The minimum Gasteiger partial charge on any atom is -0.351 e. The van der Waals surface area contributed by atoms with E-state index in [1.54, 1.807) is 56.0 Å². The molecule has 1 aliphatic heterocycles. The van der Waals surface area contributed by atoms with Gasteiger partial charge in [0.05, 0.1) is 6.57 Å². The Kier molecular flexibility index (Phi) is 5.49. The van der Waals surface area contributed by atoms with Gasteiger partial charge >= 0.3 is 0 Å². The van der Waals surface area contributed by atoms with Crippen molar-refractivity contribution in [3.05, 3.63) is 64.8 Å². The van der Waals surface area contributed by atoms with Crippen LogP contribution in [0.3, 0.4) is 0 Å². The Morgan fingerprint density at radius 2 is 1.85 bits per heavy atom. The zero-order valence-corrected chi connectivity index (χ0v) is 19.8. The SMILES string of the molecule is [C-]#[N+]c1ccc(N2C(=O)C(C)(C)N(c3ccc(CNC(=O)C4(C)CC4)c(F)c3)C2=S)cc1C. The molecule has 1 saturated carbocycles. The molecular weight excluding hydrogens is 439 g/mol. The molecule has 0 radical (unpaired) electrons. The fourth-order valence-electron chi connectivity index (χ4n) is 3.98. The molecule has 8 heteroatoms. The summed E-state index contributed by atoms with van der Waals surface area (Å²) in [4.78, 5) is 32.0. The number of nitrogens with zero attached hydrogens (tertiary/aromatic N) is 3. The number of rotatable bonds is 5. The molecule has 2 aromatic rings. The summed E-state index contributed by atoms with van der Waals surface area (Å²) in [6, 6.07) is 9.77. The first-order chi connectivity index (χ1) is 15.5. The molecule has 33 heavy (non-hydrogen) atoms. The van der Waals surface area contributed by atoms with Gasteiger partial charge in [0.2, 0.25) is 5.91 Å². The lowest BCUT2D eigenvalue weighted by Crippen LogP contribution is -2.44. The van der Waals surface area contributed by atoms with Crippen LogP contribution in [-0.4, -0.2) is 22.5 Å². The van der Waals surface area contributed by atoms with Crippen LogP contribution >= 0.6 is 12.2 Å². The Morgan fingerprint density at radius 1 is 1.18 bits per heavy atom. The van der Waals surface area contributed by atoms with Crippen molar-refractivity contribution in [3.8, 4) is 0 Å². The van der Waals surface area contributed by atoms with Crippen molar-refractivity contribution >= 4 is 46.2 Å². The second kappa shape index (κ2) is 7.92. The van der Waals surface area contributed by atoms with Crippen LogP contribution in [-0.2, 0) is 16.1 Å². The molecule has 1 heterocycles. The summed E-state index contributed by atoms with van der Waals surface area (Å²) in [5.41, 5.74) is 1.28. The molecule has 2 aromatic carbocycles. The van der Waals surface area contributed by atoms with Crippen LogP contribution in [0.5, 0.6) is 0 Å². The lowest BCUT2D eigenvalue weighted by atomic mass is 10.0. The second-order valence-electron chi connectivity index (χ2n) is 9.42. The number of halogens is 1. The summed E-state index contributed by atoms with van der Waals surface area (Å²) in [7, 11) is 0. The molecule has 0 atom stereocenters. The largest absolute Gasteiger partial charge is 0.351 e. The zero-order valence-electron chi connectivity index (χ0n) is 19.0. The number of amides is 2. The average Bonchev–Trinajstić information content (AvgIpc) is 3.48. The Balaban J connectivity index is 1.60. The van der Waals surface area contributed by atoms with Gasteiger partial charge in [0.1, 0.15) is 11.4 Å². The van der Waals surface area contributed by atoms with Crippen molar-refractivity contribution in [3.63, 3.8) is 0 Å². The van der Waals surface area contributed by atoms with E-state index in [2.05, 4.69) is 10.2 Å². The fourth-order valence-corrected chi connectivity index (χ4v) is 4.50. The van der Waals surface area contributed by atoms with Crippen molar-refractivity contribution in [1.29, 1.82) is 0 Å². The number of anilines is 2. The van der Waals surface area contributed by atoms with E-state index in [4.69, 9.17) is 18.8 Å². The molecule has 1 aliphatic carbocycles. The Morgan fingerprint density at radius 3 is 2.42 bits per heavy atom. The van der Waals surface area contributed by atoms with Crippen molar-refractivity contribution < 1.29 is 14.0 Å². The predicted octanol–water partition coefficient (Wildman–Crippen LogP) is 5.02. The van der Waals surface area contributed by atoms with Gasteiger partial charge in [-0.2, -0.15) is 0 Å². The quantitative estimate of drug-likeness (QED) is 0.499. The molecule has 0 aromatic heterocycles. The van der Waals surface area contributed by atoms with Gasteiger partial charge in [-0.25, -0.2) is 9.24 Å². The van der Waals surface area contributed by atoms with Crippen molar-refractivity contribution in [2.24, 2.45) is 5.41 Å². The second-order valence-corrected chi connectivity index (χ2v) is 9.78. The highest BCUT2D eigenvalue weighted by atomic mass is 32.1. The van der Waals surface area contributed by atoms with Crippen molar-refractivity contribution in [2.75, 3.05) is 9.80 Å². The van der Waals surface area contributed by atoms with Gasteiger partial charge in [0.15, 0.2) is 10.8 Å². The van der Waals surface area contributed by atoms with Crippen LogP contribution in [0.2, 0.25) is 0 Å². The normalized spacial score (nSPS) is 18.3. The highest BCUT2D eigenvalue weighted by Gasteiger charge is 2.50. The summed E-state index contributed by atoms with van der Waals surface area (Å²) in [6.45, 7) is 14.5. The van der Waals surface area contributed by atoms with Crippen molar-refractivity contribution in [1.82, 2.24) is 5.32 Å². The van der Waals surface area contributed by atoms with E-state index < -0.39 is 11.4 Å². The maximum atomic E-state index is 15.0.